The lowest BCUT2D eigenvalue weighted by molar-refractivity contribution is 0.0314. The van der Waals surface area contributed by atoms with Crippen molar-refractivity contribution < 1.29 is 9.84 Å². The molecule has 1 fully saturated rings. The van der Waals surface area contributed by atoms with Crippen LogP contribution in [0.25, 0.3) is 0 Å². The number of aliphatic hydroxyl groups excluding tert-OH is 1. The molecule has 0 bridgehead atoms. The van der Waals surface area contributed by atoms with Gasteiger partial charge in [-0.25, -0.2) is 0 Å². The van der Waals surface area contributed by atoms with Gasteiger partial charge in [0.2, 0.25) is 0 Å². The summed E-state index contributed by atoms with van der Waals surface area (Å²) in [6.45, 7) is 2.86. The molecule has 3 atom stereocenters. The summed E-state index contributed by atoms with van der Waals surface area (Å²) in [7, 11) is 1.83. The van der Waals surface area contributed by atoms with Gasteiger partial charge in [0.15, 0.2) is 0 Å². The summed E-state index contributed by atoms with van der Waals surface area (Å²) in [6, 6.07) is 0. The Kier molecular flexibility index (Phi) is 3.56. The summed E-state index contributed by atoms with van der Waals surface area (Å²) >= 11 is 0. The Morgan fingerprint density at radius 3 is 3.12 bits per heavy atom. The van der Waals surface area contributed by atoms with Crippen LogP contribution in [0.15, 0.2) is 6.20 Å². The largest absolute Gasteiger partial charge is 0.392 e. The van der Waals surface area contributed by atoms with Crippen molar-refractivity contribution >= 4 is 0 Å². The zero-order valence-electron chi connectivity index (χ0n) is 9.83. The summed E-state index contributed by atoms with van der Waals surface area (Å²) in [5, 5.41) is 18.0. The number of ether oxygens (including phenoxy) is 1. The van der Waals surface area contributed by atoms with E-state index < -0.39 is 0 Å². The predicted molar refractivity (Wildman–Crippen MR) is 58.9 cm³/mol. The van der Waals surface area contributed by atoms with Gasteiger partial charge in [-0.1, -0.05) is 12.1 Å². The van der Waals surface area contributed by atoms with Crippen LogP contribution < -0.4 is 0 Å². The molecule has 90 valence electrons. The van der Waals surface area contributed by atoms with Crippen molar-refractivity contribution in [1.82, 2.24) is 15.0 Å². The molecule has 1 aromatic rings. The summed E-state index contributed by atoms with van der Waals surface area (Å²) in [5.41, 5.74) is 0.844. The highest BCUT2D eigenvalue weighted by Gasteiger charge is 2.32. The van der Waals surface area contributed by atoms with Crippen LogP contribution in [0, 0.1) is 5.92 Å². The summed E-state index contributed by atoms with van der Waals surface area (Å²) in [4.78, 5) is 0. The van der Waals surface area contributed by atoms with Crippen LogP contribution in [0.3, 0.4) is 0 Å². The maximum Gasteiger partial charge on any atom is 0.0852 e. The fourth-order valence-corrected chi connectivity index (χ4v) is 2.38. The van der Waals surface area contributed by atoms with Crippen molar-refractivity contribution in [1.29, 1.82) is 0 Å². The van der Waals surface area contributed by atoms with Crippen LogP contribution in [-0.4, -0.2) is 38.9 Å². The second-order valence-corrected chi connectivity index (χ2v) is 4.43. The fraction of sp³-hybridized carbons (Fsp3) is 0.818. The highest BCUT2D eigenvalue weighted by atomic mass is 16.5. The molecule has 0 spiro atoms. The van der Waals surface area contributed by atoms with Crippen molar-refractivity contribution in [2.45, 2.75) is 38.4 Å². The Morgan fingerprint density at radius 2 is 2.50 bits per heavy atom. The number of aliphatic hydroxyl groups is 1. The summed E-state index contributed by atoms with van der Waals surface area (Å²) in [6.07, 6.45) is 4.15. The molecule has 0 aliphatic carbocycles. The van der Waals surface area contributed by atoms with Gasteiger partial charge >= 0.3 is 0 Å². The molecule has 2 rings (SSSR count). The Bertz CT molecular complexity index is 340. The van der Waals surface area contributed by atoms with E-state index in [4.69, 9.17) is 4.74 Å². The lowest BCUT2D eigenvalue weighted by Crippen LogP contribution is -2.29. The normalized spacial score (nSPS) is 27.2. The first-order chi connectivity index (χ1) is 7.70. The Labute approximate surface area is 95.4 Å². The molecule has 1 aliphatic rings. The van der Waals surface area contributed by atoms with Gasteiger partial charge in [-0.3, -0.25) is 4.68 Å². The molecule has 16 heavy (non-hydrogen) atoms. The van der Waals surface area contributed by atoms with Crippen molar-refractivity contribution in [3.63, 3.8) is 0 Å². The second kappa shape index (κ2) is 4.93. The fourth-order valence-electron chi connectivity index (χ4n) is 2.38. The van der Waals surface area contributed by atoms with Gasteiger partial charge in [-0.2, -0.15) is 0 Å². The van der Waals surface area contributed by atoms with Crippen molar-refractivity contribution in [3.8, 4) is 0 Å². The number of nitrogens with zero attached hydrogens (tertiary/aromatic N) is 3. The van der Waals surface area contributed by atoms with E-state index in [1.54, 1.807) is 4.68 Å². The number of aromatic nitrogens is 3. The zero-order chi connectivity index (χ0) is 11.5. The summed E-state index contributed by atoms with van der Waals surface area (Å²) < 4.78 is 7.23. The highest BCUT2D eigenvalue weighted by Crippen LogP contribution is 2.27. The van der Waals surface area contributed by atoms with Gasteiger partial charge in [0, 0.05) is 32.2 Å². The minimum Gasteiger partial charge on any atom is -0.392 e. The first kappa shape index (κ1) is 11.5. The maximum absolute atomic E-state index is 10.2. The standard InChI is InChI=1S/C11H19N3O2/c1-3-11-9(4-5-16-11)10(15)6-8-7-14(2)13-12-8/h7,9-11,15H,3-6H2,1-2H3. The topological polar surface area (TPSA) is 60.2 Å². The van der Waals surface area contributed by atoms with Gasteiger partial charge in [-0.05, 0) is 12.8 Å². The van der Waals surface area contributed by atoms with Crippen LogP contribution >= 0.6 is 0 Å². The third-order valence-corrected chi connectivity index (χ3v) is 3.23. The molecule has 0 aromatic carbocycles. The second-order valence-electron chi connectivity index (χ2n) is 4.43. The quantitative estimate of drug-likeness (QED) is 0.812. The molecule has 1 aliphatic heterocycles. The smallest absolute Gasteiger partial charge is 0.0852 e. The minimum atomic E-state index is -0.371. The molecule has 5 heteroatoms. The number of hydrogen-bond donors (Lipinski definition) is 1. The van der Waals surface area contributed by atoms with E-state index >= 15 is 0 Å². The molecule has 2 heterocycles. The van der Waals surface area contributed by atoms with Crippen molar-refractivity contribution in [2.75, 3.05) is 6.61 Å². The van der Waals surface area contributed by atoms with Crippen molar-refractivity contribution in [2.24, 2.45) is 13.0 Å². The molecular weight excluding hydrogens is 206 g/mol. The monoisotopic (exact) mass is 225 g/mol. The molecule has 0 radical (unpaired) electrons. The van der Waals surface area contributed by atoms with Gasteiger partial charge in [0.1, 0.15) is 0 Å². The van der Waals surface area contributed by atoms with E-state index in [-0.39, 0.29) is 18.1 Å². The van der Waals surface area contributed by atoms with E-state index in [0.717, 1.165) is 25.1 Å². The first-order valence-corrected chi connectivity index (χ1v) is 5.85. The third-order valence-electron chi connectivity index (χ3n) is 3.23. The van der Waals surface area contributed by atoms with Crippen LogP contribution in [0.2, 0.25) is 0 Å². The van der Waals surface area contributed by atoms with Gasteiger partial charge in [0.25, 0.3) is 0 Å². The molecule has 1 saturated heterocycles. The van der Waals surface area contributed by atoms with Crippen molar-refractivity contribution in [3.05, 3.63) is 11.9 Å². The predicted octanol–water partition coefficient (Wildman–Crippen LogP) is 0.534. The SMILES string of the molecule is CCC1OCCC1C(O)Cc1cn(C)nn1. The molecular formula is C11H19N3O2. The number of aryl methyl sites for hydroxylation is 1. The summed E-state index contributed by atoms with van der Waals surface area (Å²) in [5.74, 6) is 0.243. The van der Waals surface area contributed by atoms with E-state index in [9.17, 15) is 5.11 Å². The van der Waals surface area contributed by atoms with Gasteiger partial charge in [0.05, 0.1) is 17.9 Å². The molecule has 1 aromatic heterocycles. The van der Waals surface area contributed by atoms with E-state index in [2.05, 4.69) is 17.2 Å². The van der Waals surface area contributed by atoms with E-state index in [1.165, 1.54) is 0 Å². The number of rotatable bonds is 4. The van der Waals surface area contributed by atoms with Gasteiger partial charge in [-0.15, -0.1) is 5.10 Å². The Balaban J connectivity index is 1.94. The first-order valence-electron chi connectivity index (χ1n) is 5.85. The maximum atomic E-state index is 10.2. The minimum absolute atomic E-state index is 0.201. The average Bonchev–Trinajstić information content (AvgIpc) is 2.86. The van der Waals surface area contributed by atoms with E-state index in [0.29, 0.717) is 6.42 Å². The lowest BCUT2D eigenvalue weighted by atomic mass is 9.91. The number of hydrogen-bond acceptors (Lipinski definition) is 4. The average molecular weight is 225 g/mol. The highest BCUT2D eigenvalue weighted by molar-refractivity contribution is 4.96. The van der Waals surface area contributed by atoms with Crippen LogP contribution in [0.1, 0.15) is 25.5 Å². The third kappa shape index (κ3) is 2.41. The zero-order valence-corrected chi connectivity index (χ0v) is 9.83. The molecule has 0 amide bonds. The van der Waals surface area contributed by atoms with Crippen LogP contribution in [-0.2, 0) is 18.2 Å². The molecule has 0 saturated carbocycles. The Morgan fingerprint density at radius 1 is 1.69 bits per heavy atom. The Hall–Kier alpha value is -0.940. The molecule has 1 N–H and O–H groups in total. The van der Waals surface area contributed by atoms with E-state index in [1.807, 2.05) is 13.2 Å². The van der Waals surface area contributed by atoms with Crippen LogP contribution in [0.5, 0.6) is 0 Å². The van der Waals surface area contributed by atoms with Crippen LogP contribution in [0.4, 0.5) is 0 Å². The lowest BCUT2D eigenvalue weighted by Gasteiger charge is -2.21. The molecule has 3 unspecified atom stereocenters. The molecule has 5 nitrogen and oxygen atoms in total. The van der Waals surface area contributed by atoms with Gasteiger partial charge < -0.3 is 9.84 Å².